The first-order valence-electron chi connectivity index (χ1n) is 8.84. The van der Waals surface area contributed by atoms with Gasteiger partial charge in [0.15, 0.2) is 11.5 Å². The van der Waals surface area contributed by atoms with Gasteiger partial charge in [-0.15, -0.1) is 0 Å². The molecule has 0 spiro atoms. The number of aromatic nitrogens is 2. The van der Waals surface area contributed by atoms with Gasteiger partial charge in [0.2, 0.25) is 12.0 Å². The number of ether oxygens (including phenoxy) is 3. The van der Waals surface area contributed by atoms with Crippen LogP contribution in [0.5, 0.6) is 17.4 Å². The summed E-state index contributed by atoms with van der Waals surface area (Å²) in [4.78, 5) is 22.8. The van der Waals surface area contributed by atoms with E-state index in [4.69, 9.17) is 14.2 Å². The van der Waals surface area contributed by atoms with Gasteiger partial charge in [-0.1, -0.05) is 12.1 Å². The standard InChI is InChI=1S/C19H21N3O4/c1-13-18(26-16-7-3-2-6-15(16)24-13)19(23)22-10-4-5-14(11-22)25-17-8-9-20-12-21-17/h2-3,6-9,12-14,18H,4-5,10-11H2,1H3. The lowest BCUT2D eigenvalue weighted by Crippen LogP contribution is -2.54. The van der Waals surface area contributed by atoms with E-state index >= 15 is 0 Å². The molecule has 1 fully saturated rings. The molecular formula is C19H21N3O4. The van der Waals surface area contributed by atoms with Crippen LogP contribution in [0.15, 0.2) is 42.9 Å². The third kappa shape index (κ3) is 3.42. The largest absolute Gasteiger partial charge is 0.482 e. The van der Waals surface area contributed by atoms with Crippen LogP contribution in [0, 0.1) is 0 Å². The van der Waals surface area contributed by atoms with E-state index in [-0.39, 0.29) is 18.1 Å². The van der Waals surface area contributed by atoms with Crippen LogP contribution in [-0.2, 0) is 4.79 Å². The van der Waals surface area contributed by atoms with Gasteiger partial charge in [-0.2, -0.15) is 0 Å². The normalized spacial score (nSPS) is 24.8. The number of para-hydroxylation sites is 2. The number of piperidine rings is 1. The van der Waals surface area contributed by atoms with Crippen LogP contribution in [-0.4, -0.2) is 52.2 Å². The van der Waals surface area contributed by atoms with Crippen LogP contribution in [0.4, 0.5) is 0 Å². The summed E-state index contributed by atoms with van der Waals surface area (Å²) >= 11 is 0. The fourth-order valence-electron chi connectivity index (χ4n) is 3.32. The number of hydrogen-bond donors (Lipinski definition) is 0. The van der Waals surface area contributed by atoms with E-state index in [9.17, 15) is 4.79 Å². The molecule has 3 heterocycles. The summed E-state index contributed by atoms with van der Waals surface area (Å²) in [5.41, 5.74) is 0. The van der Waals surface area contributed by atoms with Gasteiger partial charge in [0.25, 0.3) is 5.91 Å². The summed E-state index contributed by atoms with van der Waals surface area (Å²) in [7, 11) is 0. The van der Waals surface area contributed by atoms with E-state index < -0.39 is 6.10 Å². The van der Waals surface area contributed by atoms with Gasteiger partial charge in [0, 0.05) is 18.8 Å². The SMILES string of the molecule is CC1Oc2ccccc2OC1C(=O)N1CCCC(Oc2ccncn2)C1. The average Bonchev–Trinajstić information content (AvgIpc) is 2.68. The third-order valence-electron chi connectivity index (χ3n) is 4.62. The number of likely N-dealkylation sites (tertiary alicyclic amines) is 1. The molecule has 2 aliphatic heterocycles. The summed E-state index contributed by atoms with van der Waals surface area (Å²) in [5.74, 6) is 1.74. The fraction of sp³-hybridized carbons (Fsp3) is 0.421. The molecule has 0 aliphatic carbocycles. The zero-order chi connectivity index (χ0) is 17.9. The summed E-state index contributed by atoms with van der Waals surface area (Å²) in [6, 6.07) is 9.14. The Balaban J connectivity index is 1.43. The van der Waals surface area contributed by atoms with Gasteiger partial charge in [-0.25, -0.2) is 9.97 Å². The van der Waals surface area contributed by atoms with Crippen molar-refractivity contribution < 1.29 is 19.0 Å². The molecule has 1 saturated heterocycles. The Kier molecular flexibility index (Phi) is 4.60. The lowest BCUT2D eigenvalue weighted by Gasteiger charge is -2.37. The van der Waals surface area contributed by atoms with E-state index in [2.05, 4.69) is 9.97 Å². The lowest BCUT2D eigenvalue weighted by molar-refractivity contribution is -0.147. The molecule has 0 bridgehead atoms. The highest BCUT2D eigenvalue weighted by atomic mass is 16.6. The molecule has 1 amide bonds. The topological polar surface area (TPSA) is 73.8 Å². The van der Waals surface area contributed by atoms with Gasteiger partial charge in [0.05, 0.1) is 6.54 Å². The van der Waals surface area contributed by atoms with Crippen molar-refractivity contribution in [3.8, 4) is 17.4 Å². The number of hydrogen-bond acceptors (Lipinski definition) is 6. The first-order valence-corrected chi connectivity index (χ1v) is 8.84. The van der Waals surface area contributed by atoms with Crippen LogP contribution in [0.1, 0.15) is 19.8 Å². The molecule has 26 heavy (non-hydrogen) atoms. The van der Waals surface area contributed by atoms with Crippen molar-refractivity contribution in [2.45, 2.75) is 38.1 Å². The maximum atomic E-state index is 13.0. The second-order valence-electron chi connectivity index (χ2n) is 6.52. The number of carbonyl (C=O) groups is 1. The fourth-order valence-corrected chi connectivity index (χ4v) is 3.32. The Bertz CT molecular complexity index is 770. The monoisotopic (exact) mass is 355 g/mol. The summed E-state index contributed by atoms with van der Waals surface area (Å²) in [5, 5.41) is 0. The van der Waals surface area contributed by atoms with E-state index in [0.29, 0.717) is 30.5 Å². The predicted molar refractivity (Wildman–Crippen MR) is 93.2 cm³/mol. The minimum Gasteiger partial charge on any atom is -0.482 e. The molecule has 2 aromatic rings. The predicted octanol–water partition coefficient (Wildman–Crippen LogP) is 2.07. The van der Waals surface area contributed by atoms with Crippen molar-refractivity contribution in [1.82, 2.24) is 14.9 Å². The molecule has 7 nitrogen and oxygen atoms in total. The van der Waals surface area contributed by atoms with E-state index in [1.165, 1.54) is 6.33 Å². The van der Waals surface area contributed by atoms with Crippen LogP contribution < -0.4 is 14.2 Å². The van der Waals surface area contributed by atoms with Gasteiger partial charge in [0.1, 0.15) is 18.5 Å². The number of amides is 1. The molecule has 7 heteroatoms. The molecule has 0 radical (unpaired) electrons. The highest BCUT2D eigenvalue weighted by Gasteiger charge is 2.38. The van der Waals surface area contributed by atoms with Crippen LogP contribution >= 0.6 is 0 Å². The highest BCUT2D eigenvalue weighted by molar-refractivity contribution is 5.82. The molecule has 4 rings (SSSR count). The molecule has 3 unspecified atom stereocenters. The average molecular weight is 355 g/mol. The summed E-state index contributed by atoms with van der Waals surface area (Å²) < 4.78 is 17.7. The van der Waals surface area contributed by atoms with Crippen LogP contribution in [0.3, 0.4) is 0 Å². The molecule has 136 valence electrons. The minimum absolute atomic E-state index is 0.0667. The number of nitrogens with zero attached hydrogens (tertiary/aromatic N) is 3. The van der Waals surface area contributed by atoms with Crippen LogP contribution in [0.2, 0.25) is 0 Å². The third-order valence-corrected chi connectivity index (χ3v) is 4.62. The summed E-state index contributed by atoms with van der Waals surface area (Å²) in [6.07, 6.45) is 3.76. The van der Waals surface area contributed by atoms with Gasteiger partial charge in [-0.3, -0.25) is 4.79 Å². The minimum atomic E-state index is -0.650. The zero-order valence-corrected chi connectivity index (χ0v) is 14.6. The van der Waals surface area contributed by atoms with Crippen molar-refractivity contribution in [2.75, 3.05) is 13.1 Å². The van der Waals surface area contributed by atoms with Crippen molar-refractivity contribution >= 4 is 5.91 Å². The first-order chi connectivity index (χ1) is 12.7. The Morgan fingerprint density at radius 1 is 1.23 bits per heavy atom. The molecule has 2 aliphatic rings. The van der Waals surface area contributed by atoms with E-state index in [0.717, 1.165) is 12.8 Å². The maximum Gasteiger partial charge on any atom is 0.267 e. The maximum absolute atomic E-state index is 13.0. The second-order valence-corrected chi connectivity index (χ2v) is 6.52. The second kappa shape index (κ2) is 7.19. The van der Waals surface area contributed by atoms with Crippen molar-refractivity contribution in [3.05, 3.63) is 42.9 Å². The van der Waals surface area contributed by atoms with Gasteiger partial charge >= 0.3 is 0 Å². The Hall–Kier alpha value is -2.83. The van der Waals surface area contributed by atoms with Crippen LogP contribution in [0.25, 0.3) is 0 Å². The highest BCUT2D eigenvalue weighted by Crippen LogP contribution is 2.34. The van der Waals surface area contributed by atoms with Crippen molar-refractivity contribution in [3.63, 3.8) is 0 Å². The lowest BCUT2D eigenvalue weighted by atomic mass is 10.1. The Morgan fingerprint density at radius 3 is 2.81 bits per heavy atom. The molecule has 1 aromatic carbocycles. The van der Waals surface area contributed by atoms with E-state index in [1.807, 2.05) is 31.2 Å². The zero-order valence-electron chi connectivity index (χ0n) is 14.6. The number of benzene rings is 1. The molecular weight excluding hydrogens is 334 g/mol. The van der Waals surface area contributed by atoms with Gasteiger partial charge < -0.3 is 19.1 Å². The number of fused-ring (bicyclic) bond motifs is 1. The van der Waals surface area contributed by atoms with Crippen molar-refractivity contribution in [2.24, 2.45) is 0 Å². The Labute approximate surface area is 151 Å². The molecule has 0 N–H and O–H groups in total. The quantitative estimate of drug-likeness (QED) is 0.839. The summed E-state index contributed by atoms with van der Waals surface area (Å²) in [6.45, 7) is 3.06. The van der Waals surface area contributed by atoms with Gasteiger partial charge in [-0.05, 0) is 31.9 Å². The number of rotatable bonds is 3. The van der Waals surface area contributed by atoms with Crippen molar-refractivity contribution in [1.29, 1.82) is 0 Å². The molecule has 1 aromatic heterocycles. The van der Waals surface area contributed by atoms with E-state index in [1.54, 1.807) is 17.2 Å². The number of carbonyl (C=O) groups excluding carboxylic acids is 1. The Morgan fingerprint density at radius 2 is 2.04 bits per heavy atom. The smallest absolute Gasteiger partial charge is 0.267 e. The molecule has 0 saturated carbocycles. The molecule has 3 atom stereocenters. The first kappa shape index (κ1) is 16.6.